The van der Waals surface area contributed by atoms with Crippen molar-refractivity contribution >= 4 is 22.9 Å². The predicted molar refractivity (Wildman–Crippen MR) is 115 cm³/mol. The molecule has 1 aromatic heterocycles. The average Bonchev–Trinajstić information content (AvgIpc) is 3.07. The fourth-order valence-corrected chi connectivity index (χ4v) is 4.60. The monoisotopic (exact) mass is 401 g/mol. The van der Waals surface area contributed by atoms with Gasteiger partial charge < -0.3 is 5.32 Å². The van der Waals surface area contributed by atoms with Crippen LogP contribution in [0.15, 0.2) is 48.5 Å². The van der Waals surface area contributed by atoms with Gasteiger partial charge in [-0.1, -0.05) is 35.4 Å². The van der Waals surface area contributed by atoms with Crippen LogP contribution in [-0.4, -0.2) is 6.04 Å². The molecule has 0 saturated heterocycles. The SMILES string of the molecule is Cc1ccc(CC(C)NC(C)c2ccc(-c3ccc(Cl)cc3F)s2)c(C)c1. The summed E-state index contributed by atoms with van der Waals surface area (Å²) in [5.74, 6) is -0.278. The number of hydrogen-bond acceptors (Lipinski definition) is 2. The van der Waals surface area contributed by atoms with Gasteiger partial charge in [0, 0.05) is 32.4 Å². The second-order valence-corrected chi connectivity index (χ2v) is 8.80. The normalized spacial score (nSPS) is 13.6. The van der Waals surface area contributed by atoms with Gasteiger partial charge in [0.2, 0.25) is 0 Å². The third kappa shape index (κ3) is 4.98. The van der Waals surface area contributed by atoms with Crippen LogP contribution in [0.1, 0.15) is 41.5 Å². The molecule has 0 fully saturated rings. The molecule has 0 aliphatic rings. The van der Waals surface area contributed by atoms with E-state index in [0.29, 0.717) is 16.6 Å². The van der Waals surface area contributed by atoms with Gasteiger partial charge in [-0.05, 0) is 75.6 Å². The van der Waals surface area contributed by atoms with Crippen LogP contribution in [0.3, 0.4) is 0 Å². The van der Waals surface area contributed by atoms with Crippen molar-refractivity contribution in [2.45, 2.75) is 46.2 Å². The fraction of sp³-hybridized carbons (Fsp3) is 0.304. The lowest BCUT2D eigenvalue weighted by Gasteiger charge is -2.20. The summed E-state index contributed by atoms with van der Waals surface area (Å²) in [7, 11) is 0. The molecule has 3 rings (SSSR count). The zero-order valence-corrected chi connectivity index (χ0v) is 17.7. The minimum atomic E-state index is -0.278. The molecule has 27 heavy (non-hydrogen) atoms. The molecule has 0 aliphatic carbocycles. The van der Waals surface area contributed by atoms with E-state index in [0.717, 1.165) is 11.3 Å². The lowest BCUT2D eigenvalue weighted by molar-refractivity contribution is 0.481. The van der Waals surface area contributed by atoms with Crippen molar-refractivity contribution < 1.29 is 4.39 Å². The highest BCUT2D eigenvalue weighted by Crippen LogP contribution is 2.34. The summed E-state index contributed by atoms with van der Waals surface area (Å²) in [5, 5.41) is 4.09. The van der Waals surface area contributed by atoms with Crippen LogP contribution in [-0.2, 0) is 6.42 Å². The minimum absolute atomic E-state index is 0.208. The van der Waals surface area contributed by atoms with Crippen LogP contribution in [0.4, 0.5) is 4.39 Å². The van der Waals surface area contributed by atoms with Gasteiger partial charge in [0.25, 0.3) is 0 Å². The Labute approximate surface area is 170 Å². The lowest BCUT2D eigenvalue weighted by Crippen LogP contribution is -2.30. The Kier molecular flexibility index (Phi) is 6.36. The third-order valence-electron chi connectivity index (χ3n) is 4.81. The van der Waals surface area contributed by atoms with Gasteiger partial charge in [-0.25, -0.2) is 4.39 Å². The molecule has 2 unspecified atom stereocenters. The summed E-state index contributed by atoms with van der Waals surface area (Å²) in [4.78, 5) is 2.13. The standard InChI is InChI=1S/C23H25ClFNS/c1-14-5-6-18(15(2)11-14)12-16(3)26-17(4)22-9-10-23(27-22)20-8-7-19(24)13-21(20)25/h5-11,13,16-17,26H,12H2,1-4H3. The summed E-state index contributed by atoms with van der Waals surface area (Å²) in [6.45, 7) is 8.67. The van der Waals surface area contributed by atoms with Crippen molar-refractivity contribution in [3.8, 4) is 10.4 Å². The van der Waals surface area contributed by atoms with Gasteiger partial charge in [0.15, 0.2) is 0 Å². The van der Waals surface area contributed by atoms with Gasteiger partial charge in [-0.15, -0.1) is 11.3 Å². The van der Waals surface area contributed by atoms with Crippen LogP contribution in [0, 0.1) is 19.7 Å². The molecular weight excluding hydrogens is 377 g/mol. The Morgan fingerprint density at radius 1 is 1.04 bits per heavy atom. The largest absolute Gasteiger partial charge is 0.307 e. The molecular formula is C23H25ClFNS. The Balaban J connectivity index is 1.67. The molecule has 1 heterocycles. The van der Waals surface area contributed by atoms with Crippen molar-refractivity contribution in [1.29, 1.82) is 0 Å². The first kappa shape index (κ1) is 20.1. The van der Waals surface area contributed by atoms with Crippen LogP contribution in [0.2, 0.25) is 5.02 Å². The molecule has 1 nitrogen and oxygen atoms in total. The van der Waals surface area contributed by atoms with E-state index < -0.39 is 0 Å². The van der Waals surface area contributed by atoms with E-state index in [9.17, 15) is 4.39 Å². The number of benzene rings is 2. The highest BCUT2D eigenvalue weighted by atomic mass is 35.5. The van der Waals surface area contributed by atoms with E-state index in [2.05, 4.69) is 57.3 Å². The van der Waals surface area contributed by atoms with E-state index in [1.165, 1.54) is 27.6 Å². The second-order valence-electron chi connectivity index (χ2n) is 7.25. The average molecular weight is 402 g/mol. The third-order valence-corrected chi connectivity index (χ3v) is 6.35. The molecule has 2 atom stereocenters. The van der Waals surface area contributed by atoms with Gasteiger partial charge >= 0.3 is 0 Å². The molecule has 142 valence electrons. The molecule has 4 heteroatoms. The molecule has 0 spiro atoms. The molecule has 3 aromatic rings. The maximum Gasteiger partial charge on any atom is 0.133 e. The fourth-order valence-electron chi connectivity index (χ4n) is 3.39. The molecule has 2 aromatic carbocycles. The van der Waals surface area contributed by atoms with Crippen molar-refractivity contribution in [1.82, 2.24) is 5.32 Å². The smallest absolute Gasteiger partial charge is 0.133 e. The summed E-state index contributed by atoms with van der Waals surface area (Å²) in [5.41, 5.74) is 4.62. The quantitative estimate of drug-likeness (QED) is 0.464. The zero-order valence-electron chi connectivity index (χ0n) is 16.1. The van der Waals surface area contributed by atoms with E-state index in [-0.39, 0.29) is 11.9 Å². The van der Waals surface area contributed by atoms with Crippen LogP contribution in [0.5, 0.6) is 0 Å². The molecule has 0 radical (unpaired) electrons. The van der Waals surface area contributed by atoms with Gasteiger partial charge in [-0.2, -0.15) is 0 Å². The summed E-state index contributed by atoms with van der Waals surface area (Å²) in [6, 6.07) is 16.1. The number of aryl methyl sites for hydroxylation is 2. The first-order valence-electron chi connectivity index (χ1n) is 9.21. The topological polar surface area (TPSA) is 12.0 Å². The zero-order chi connectivity index (χ0) is 19.6. The second kappa shape index (κ2) is 8.55. The van der Waals surface area contributed by atoms with Gasteiger partial charge in [0.05, 0.1) is 0 Å². The molecule has 0 aliphatic heterocycles. The Bertz CT molecular complexity index is 934. The van der Waals surface area contributed by atoms with E-state index in [1.54, 1.807) is 23.5 Å². The number of thiophene rings is 1. The summed E-state index contributed by atoms with van der Waals surface area (Å²) < 4.78 is 14.2. The van der Waals surface area contributed by atoms with E-state index >= 15 is 0 Å². The van der Waals surface area contributed by atoms with E-state index in [1.807, 2.05) is 6.07 Å². The molecule has 0 amide bonds. The van der Waals surface area contributed by atoms with Crippen LogP contribution < -0.4 is 5.32 Å². The van der Waals surface area contributed by atoms with Crippen molar-refractivity contribution in [2.24, 2.45) is 0 Å². The number of nitrogens with one attached hydrogen (secondary N) is 1. The minimum Gasteiger partial charge on any atom is -0.307 e. The summed E-state index contributed by atoms with van der Waals surface area (Å²) >= 11 is 7.48. The molecule has 0 bridgehead atoms. The lowest BCUT2D eigenvalue weighted by atomic mass is 9.99. The number of halogens is 2. The van der Waals surface area contributed by atoms with Crippen LogP contribution >= 0.6 is 22.9 Å². The Hall–Kier alpha value is -1.68. The van der Waals surface area contributed by atoms with Crippen molar-refractivity contribution in [3.05, 3.63) is 80.9 Å². The first-order valence-corrected chi connectivity index (χ1v) is 10.4. The highest BCUT2D eigenvalue weighted by molar-refractivity contribution is 7.15. The Morgan fingerprint density at radius 2 is 1.81 bits per heavy atom. The first-order chi connectivity index (χ1) is 12.8. The summed E-state index contributed by atoms with van der Waals surface area (Å²) in [6.07, 6.45) is 0.987. The van der Waals surface area contributed by atoms with Crippen molar-refractivity contribution in [3.63, 3.8) is 0 Å². The van der Waals surface area contributed by atoms with Crippen molar-refractivity contribution in [2.75, 3.05) is 0 Å². The Morgan fingerprint density at radius 3 is 2.52 bits per heavy atom. The number of rotatable bonds is 6. The van der Waals surface area contributed by atoms with Crippen LogP contribution in [0.25, 0.3) is 10.4 Å². The molecule has 0 saturated carbocycles. The maximum absolute atomic E-state index is 14.2. The maximum atomic E-state index is 14.2. The van der Waals surface area contributed by atoms with Gasteiger partial charge in [-0.3, -0.25) is 0 Å². The van der Waals surface area contributed by atoms with Gasteiger partial charge in [0.1, 0.15) is 5.82 Å². The predicted octanol–water partition coefficient (Wildman–Crippen LogP) is 7.11. The highest BCUT2D eigenvalue weighted by Gasteiger charge is 2.15. The molecule has 1 N–H and O–H groups in total. The van der Waals surface area contributed by atoms with E-state index in [4.69, 9.17) is 11.6 Å². The number of hydrogen-bond donors (Lipinski definition) is 1.